The Labute approximate surface area is 136 Å². The molecule has 23 heavy (non-hydrogen) atoms. The number of anilines is 1. The van der Waals surface area contributed by atoms with Crippen LogP contribution < -0.4 is 15.2 Å². The molecule has 0 amide bonds. The number of carbonyl (C=O) groups excluding carboxylic acids is 1. The second kappa shape index (κ2) is 7.72. The molecule has 0 aliphatic heterocycles. The number of methoxy groups -OCH3 is 1. The fourth-order valence-electron chi connectivity index (χ4n) is 2.34. The van der Waals surface area contributed by atoms with Crippen molar-refractivity contribution in [1.82, 2.24) is 0 Å². The molecule has 0 unspecified atom stereocenters. The van der Waals surface area contributed by atoms with Gasteiger partial charge in [-0.05, 0) is 36.9 Å². The van der Waals surface area contributed by atoms with Gasteiger partial charge in [-0.1, -0.05) is 19.4 Å². The van der Waals surface area contributed by atoms with Crippen molar-refractivity contribution >= 4 is 22.4 Å². The molecule has 0 aromatic heterocycles. The quantitative estimate of drug-likeness (QED) is 0.478. The highest BCUT2D eigenvalue weighted by Gasteiger charge is 2.15. The van der Waals surface area contributed by atoms with E-state index in [1.54, 1.807) is 26.2 Å². The van der Waals surface area contributed by atoms with Crippen molar-refractivity contribution in [3.05, 3.63) is 29.8 Å². The lowest BCUT2D eigenvalue weighted by Crippen LogP contribution is -2.08. The van der Waals surface area contributed by atoms with Crippen LogP contribution in [0.25, 0.3) is 10.8 Å². The third-order valence-electron chi connectivity index (χ3n) is 3.60. The van der Waals surface area contributed by atoms with E-state index in [0.29, 0.717) is 36.0 Å². The van der Waals surface area contributed by atoms with Gasteiger partial charge in [0, 0.05) is 5.39 Å². The van der Waals surface area contributed by atoms with Gasteiger partial charge in [-0.25, -0.2) is 4.79 Å². The lowest BCUT2D eigenvalue weighted by molar-refractivity contribution is 0.0528. The smallest absolute Gasteiger partial charge is 0.340 e. The molecule has 0 saturated heterocycles. The lowest BCUT2D eigenvalue weighted by Gasteiger charge is -2.14. The first-order chi connectivity index (χ1) is 11.1. The monoisotopic (exact) mass is 317 g/mol. The maximum atomic E-state index is 11.9. The number of nitrogen functional groups attached to an aromatic ring is 1. The van der Waals surface area contributed by atoms with Gasteiger partial charge in [0.25, 0.3) is 0 Å². The summed E-state index contributed by atoms with van der Waals surface area (Å²) in [6.07, 6.45) is 2.04. The van der Waals surface area contributed by atoms with E-state index in [-0.39, 0.29) is 0 Å². The van der Waals surface area contributed by atoms with Crippen molar-refractivity contribution < 1.29 is 19.0 Å². The summed E-state index contributed by atoms with van der Waals surface area (Å²) in [5.74, 6) is 0.854. The molecule has 0 heterocycles. The number of ether oxygens (including phenoxy) is 3. The summed E-state index contributed by atoms with van der Waals surface area (Å²) >= 11 is 0. The third kappa shape index (κ3) is 3.67. The summed E-state index contributed by atoms with van der Waals surface area (Å²) in [4.78, 5) is 11.9. The van der Waals surface area contributed by atoms with E-state index in [2.05, 4.69) is 6.92 Å². The van der Waals surface area contributed by atoms with Crippen LogP contribution in [0.5, 0.6) is 11.5 Å². The number of benzene rings is 2. The van der Waals surface area contributed by atoms with E-state index in [1.807, 2.05) is 12.1 Å². The number of esters is 1. The van der Waals surface area contributed by atoms with Gasteiger partial charge in [0.15, 0.2) is 11.5 Å². The largest absolute Gasteiger partial charge is 0.493 e. The van der Waals surface area contributed by atoms with E-state index >= 15 is 0 Å². The lowest BCUT2D eigenvalue weighted by atomic mass is 10.0. The minimum atomic E-state index is -0.422. The molecular weight excluding hydrogens is 294 g/mol. The number of fused-ring (bicyclic) bond motifs is 1. The molecule has 0 bridgehead atoms. The molecule has 0 saturated carbocycles. The highest BCUT2D eigenvalue weighted by Crippen LogP contribution is 2.36. The average Bonchev–Trinajstić information content (AvgIpc) is 2.55. The predicted molar refractivity (Wildman–Crippen MR) is 91.3 cm³/mol. The molecule has 2 aromatic rings. The van der Waals surface area contributed by atoms with Gasteiger partial charge in [-0.15, -0.1) is 0 Å². The molecule has 124 valence electrons. The number of hydrogen-bond donors (Lipinski definition) is 1. The second-order valence-electron chi connectivity index (χ2n) is 5.17. The zero-order valence-electron chi connectivity index (χ0n) is 13.8. The average molecular weight is 317 g/mol. The Morgan fingerprint density at radius 3 is 2.61 bits per heavy atom. The third-order valence-corrected chi connectivity index (χ3v) is 3.60. The Balaban J connectivity index is 2.45. The topological polar surface area (TPSA) is 70.8 Å². The normalized spacial score (nSPS) is 10.6. The van der Waals surface area contributed by atoms with Crippen LogP contribution in [-0.4, -0.2) is 26.3 Å². The molecular formula is C18H23NO4. The Bertz CT molecular complexity index is 697. The predicted octanol–water partition coefficient (Wildman–Crippen LogP) is 3.79. The summed E-state index contributed by atoms with van der Waals surface area (Å²) in [6, 6.07) is 7.20. The molecule has 0 radical (unpaired) electrons. The first kappa shape index (κ1) is 16.9. The van der Waals surface area contributed by atoms with Crippen molar-refractivity contribution in [2.45, 2.75) is 26.7 Å². The van der Waals surface area contributed by atoms with Crippen LogP contribution in [0.3, 0.4) is 0 Å². The first-order valence-corrected chi connectivity index (χ1v) is 7.82. The van der Waals surface area contributed by atoms with Crippen molar-refractivity contribution in [1.29, 1.82) is 0 Å². The van der Waals surface area contributed by atoms with Crippen LogP contribution in [0.15, 0.2) is 24.3 Å². The Morgan fingerprint density at radius 1 is 1.17 bits per heavy atom. The van der Waals surface area contributed by atoms with E-state index in [9.17, 15) is 4.79 Å². The maximum Gasteiger partial charge on any atom is 0.340 e. The molecule has 5 heteroatoms. The second-order valence-corrected chi connectivity index (χ2v) is 5.17. The van der Waals surface area contributed by atoms with Crippen LogP contribution in [-0.2, 0) is 4.74 Å². The van der Waals surface area contributed by atoms with Gasteiger partial charge in [0.05, 0.1) is 31.6 Å². The molecule has 5 nitrogen and oxygen atoms in total. The fraction of sp³-hybridized carbons (Fsp3) is 0.389. The fourth-order valence-corrected chi connectivity index (χ4v) is 2.34. The van der Waals surface area contributed by atoms with Crippen molar-refractivity contribution in [3.63, 3.8) is 0 Å². The van der Waals surface area contributed by atoms with Gasteiger partial charge in [-0.3, -0.25) is 0 Å². The van der Waals surface area contributed by atoms with E-state index < -0.39 is 5.97 Å². The van der Waals surface area contributed by atoms with Gasteiger partial charge < -0.3 is 19.9 Å². The molecule has 2 N–H and O–H groups in total. The number of hydrogen-bond acceptors (Lipinski definition) is 5. The number of rotatable bonds is 7. The minimum Gasteiger partial charge on any atom is -0.493 e. The van der Waals surface area contributed by atoms with E-state index in [4.69, 9.17) is 19.9 Å². The molecule has 0 spiro atoms. The summed E-state index contributed by atoms with van der Waals surface area (Å²) in [7, 11) is 1.58. The van der Waals surface area contributed by atoms with Crippen molar-refractivity contribution in [2.24, 2.45) is 0 Å². The summed E-state index contributed by atoms with van der Waals surface area (Å²) in [5.41, 5.74) is 6.90. The molecule has 0 fully saturated rings. The van der Waals surface area contributed by atoms with Gasteiger partial charge >= 0.3 is 5.97 Å². The Hall–Kier alpha value is -2.43. The molecule has 0 aliphatic carbocycles. The molecule has 2 aromatic carbocycles. The first-order valence-electron chi connectivity index (χ1n) is 7.82. The Kier molecular flexibility index (Phi) is 5.68. The van der Waals surface area contributed by atoms with Crippen LogP contribution in [0.4, 0.5) is 5.69 Å². The summed E-state index contributed by atoms with van der Waals surface area (Å²) < 4.78 is 16.2. The van der Waals surface area contributed by atoms with Crippen LogP contribution in [0.2, 0.25) is 0 Å². The molecule has 0 aliphatic rings. The van der Waals surface area contributed by atoms with Crippen molar-refractivity contribution in [3.8, 4) is 11.5 Å². The van der Waals surface area contributed by atoms with Gasteiger partial charge in [0.2, 0.25) is 0 Å². The maximum absolute atomic E-state index is 11.9. The van der Waals surface area contributed by atoms with Crippen LogP contribution in [0, 0.1) is 0 Å². The summed E-state index contributed by atoms with van der Waals surface area (Å²) in [5, 5.41) is 1.64. The van der Waals surface area contributed by atoms with E-state index in [1.165, 1.54) is 0 Å². The highest BCUT2D eigenvalue weighted by molar-refractivity contribution is 6.06. The van der Waals surface area contributed by atoms with Gasteiger partial charge in [-0.2, -0.15) is 0 Å². The summed E-state index contributed by atoms with van der Waals surface area (Å²) in [6.45, 7) is 4.81. The number of unbranched alkanes of at least 4 members (excludes halogenated alkanes) is 1. The van der Waals surface area contributed by atoms with Crippen molar-refractivity contribution in [2.75, 3.05) is 26.1 Å². The highest BCUT2D eigenvalue weighted by atomic mass is 16.5. The Morgan fingerprint density at radius 2 is 1.96 bits per heavy atom. The van der Waals surface area contributed by atoms with Crippen LogP contribution in [0.1, 0.15) is 37.0 Å². The van der Waals surface area contributed by atoms with Crippen LogP contribution >= 0.6 is 0 Å². The zero-order valence-corrected chi connectivity index (χ0v) is 13.8. The van der Waals surface area contributed by atoms with E-state index in [0.717, 1.165) is 23.6 Å². The molecule has 2 rings (SSSR count). The number of nitrogens with two attached hydrogens (primary N) is 1. The number of carbonyl (C=O) groups is 1. The zero-order chi connectivity index (χ0) is 16.8. The SMILES string of the molecule is CCCCOc1cc2ccc(C(=O)OCC)c(N)c2cc1OC. The van der Waals surface area contributed by atoms with Gasteiger partial charge in [0.1, 0.15) is 0 Å². The molecule has 0 atom stereocenters. The standard InChI is InChI=1S/C18H23NO4/c1-4-6-9-23-16-10-12-7-8-13(18(20)22-5-2)17(19)14(12)11-15(16)21-3/h7-8,10-11H,4-6,9,19H2,1-3H3. The minimum absolute atomic E-state index is 0.309.